The van der Waals surface area contributed by atoms with E-state index in [0.717, 1.165) is 5.56 Å². The molecule has 0 aliphatic carbocycles. The molecule has 0 unspecified atom stereocenters. The number of rotatable bonds is 16. The van der Waals surface area contributed by atoms with Crippen LogP contribution >= 0.6 is 0 Å². The van der Waals surface area contributed by atoms with Crippen molar-refractivity contribution in [2.45, 2.75) is 95.1 Å². The molecule has 3 saturated heterocycles. The van der Waals surface area contributed by atoms with Crippen LogP contribution in [0.4, 0.5) is 0 Å². The van der Waals surface area contributed by atoms with E-state index in [2.05, 4.69) is 18.5 Å². The maximum atomic E-state index is 14.4. The SMILES string of the molecule is C=CCCC(=O)NC[C@@H](OC(=O)[C@@H]1[C@@H]2CC[C@]3(O2)[C@H](C(=O)N(CC=C)C(C)(C)C)N(CCCCCO)C(=O)[C@@H]13)c1ccccc1. The van der Waals surface area contributed by atoms with Crippen molar-refractivity contribution in [1.82, 2.24) is 15.1 Å². The Kier molecular flexibility index (Phi) is 11.3. The quantitative estimate of drug-likeness (QED) is 0.163. The van der Waals surface area contributed by atoms with Gasteiger partial charge in [0.15, 0.2) is 0 Å². The van der Waals surface area contributed by atoms with Crippen molar-refractivity contribution < 1.29 is 33.8 Å². The van der Waals surface area contributed by atoms with Crippen LogP contribution in [0.15, 0.2) is 55.6 Å². The molecule has 45 heavy (non-hydrogen) atoms. The van der Waals surface area contributed by atoms with Gasteiger partial charge >= 0.3 is 5.97 Å². The second kappa shape index (κ2) is 14.7. The Morgan fingerprint density at radius 3 is 2.56 bits per heavy atom. The average Bonchev–Trinajstić information content (AvgIpc) is 3.66. The van der Waals surface area contributed by atoms with Gasteiger partial charge in [-0.25, -0.2) is 0 Å². The first kappa shape index (κ1) is 34.4. The molecule has 2 N–H and O–H groups in total. The Labute approximate surface area is 266 Å². The summed E-state index contributed by atoms with van der Waals surface area (Å²) in [5.41, 5.74) is -0.972. The maximum absolute atomic E-state index is 14.4. The lowest BCUT2D eigenvalue weighted by Crippen LogP contribution is -2.59. The smallest absolute Gasteiger partial charge is 0.313 e. The number of hydrogen-bond acceptors (Lipinski definition) is 7. The molecule has 4 rings (SSSR count). The van der Waals surface area contributed by atoms with Gasteiger partial charge in [0.1, 0.15) is 17.7 Å². The Morgan fingerprint density at radius 1 is 1.18 bits per heavy atom. The zero-order valence-corrected chi connectivity index (χ0v) is 26.9. The monoisotopic (exact) mass is 623 g/mol. The normalized spacial score (nSPS) is 25.9. The Morgan fingerprint density at radius 2 is 1.91 bits per heavy atom. The number of esters is 1. The van der Waals surface area contributed by atoms with Gasteiger partial charge in [0.05, 0.1) is 24.5 Å². The molecule has 6 atom stereocenters. The van der Waals surface area contributed by atoms with Crippen molar-refractivity contribution in [2.75, 3.05) is 26.2 Å². The summed E-state index contributed by atoms with van der Waals surface area (Å²) < 4.78 is 12.7. The molecular weight excluding hydrogens is 574 g/mol. The lowest BCUT2D eigenvalue weighted by molar-refractivity contribution is -0.160. The van der Waals surface area contributed by atoms with Crippen LogP contribution in [0.25, 0.3) is 0 Å². The third kappa shape index (κ3) is 7.17. The number of carbonyl (C=O) groups is 4. The van der Waals surface area contributed by atoms with Crippen LogP contribution in [0, 0.1) is 11.8 Å². The Bertz CT molecular complexity index is 1250. The highest BCUT2D eigenvalue weighted by atomic mass is 16.6. The predicted molar refractivity (Wildman–Crippen MR) is 170 cm³/mol. The van der Waals surface area contributed by atoms with Gasteiger partial charge in [0.25, 0.3) is 0 Å². The van der Waals surface area contributed by atoms with Crippen molar-refractivity contribution in [1.29, 1.82) is 0 Å². The minimum Gasteiger partial charge on any atom is -0.455 e. The van der Waals surface area contributed by atoms with Crippen LogP contribution in [-0.4, -0.2) is 88.1 Å². The van der Waals surface area contributed by atoms with E-state index in [1.54, 1.807) is 22.0 Å². The molecule has 10 heteroatoms. The molecule has 1 spiro atoms. The first-order valence-corrected chi connectivity index (χ1v) is 16.1. The number of benzene rings is 1. The second-order valence-corrected chi connectivity index (χ2v) is 13.2. The highest BCUT2D eigenvalue weighted by Gasteiger charge is 2.75. The number of ether oxygens (including phenoxy) is 2. The number of nitrogens with one attached hydrogen (secondary N) is 1. The Balaban J connectivity index is 1.63. The van der Waals surface area contributed by atoms with Gasteiger partial charge in [-0.2, -0.15) is 0 Å². The summed E-state index contributed by atoms with van der Waals surface area (Å²) in [5.74, 6) is -2.99. The van der Waals surface area contributed by atoms with Crippen LogP contribution in [0.5, 0.6) is 0 Å². The molecule has 0 aromatic heterocycles. The highest BCUT2D eigenvalue weighted by Crippen LogP contribution is 2.59. The number of fused-ring (bicyclic) bond motifs is 1. The number of carbonyl (C=O) groups excluding carboxylic acids is 4. The number of unbranched alkanes of at least 4 members (excludes halogenated alkanes) is 2. The van der Waals surface area contributed by atoms with Crippen molar-refractivity contribution in [3.8, 4) is 0 Å². The van der Waals surface area contributed by atoms with Crippen LogP contribution in [0.1, 0.15) is 77.4 Å². The summed E-state index contributed by atoms with van der Waals surface area (Å²) in [5, 5.41) is 12.1. The number of allylic oxidation sites excluding steroid dienone is 1. The van der Waals surface area contributed by atoms with Crippen molar-refractivity contribution in [3.63, 3.8) is 0 Å². The van der Waals surface area contributed by atoms with E-state index < -0.39 is 47.2 Å². The summed E-state index contributed by atoms with van der Waals surface area (Å²) in [7, 11) is 0. The number of aliphatic hydroxyl groups excluding tert-OH is 1. The molecule has 0 saturated carbocycles. The largest absolute Gasteiger partial charge is 0.455 e. The van der Waals surface area contributed by atoms with Gasteiger partial charge in [-0.3, -0.25) is 19.2 Å². The van der Waals surface area contributed by atoms with E-state index in [4.69, 9.17) is 9.47 Å². The topological polar surface area (TPSA) is 125 Å². The van der Waals surface area contributed by atoms with Gasteiger partial charge in [-0.1, -0.05) is 42.5 Å². The summed E-state index contributed by atoms with van der Waals surface area (Å²) in [4.78, 5) is 58.5. The molecule has 1 aromatic rings. The number of aliphatic hydroxyl groups is 1. The molecule has 3 fully saturated rings. The van der Waals surface area contributed by atoms with Crippen LogP contribution < -0.4 is 5.32 Å². The number of amides is 3. The number of hydrogen-bond donors (Lipinski definition) is 2. The third-order valence-electron chi connectivity index (χ3n) is 9.24. The summed E-state index contributed by atoms with van der Waals surface area (Å²) in [6.45, 7) is 14.1. The first-order valence-electron chi connectivity index (χ1n) is 16.1. The molecule has 3 aliphatic heterocycles. The molecule has 1 aromatic carbocycles. The molecule has 10 nitrogen and oxygen atoms in total. The van der Waals surface area contributed by atoms with E-state index in [-0.39, 0.29) is 37.3 Å². The fourth-order valence-corrected chi connectivity index (χ4v) is 7.12. The van der Waals surface area contributed by atoms with Gasteiger partial charge < -0.3 is 29.7 Å². The fraction of sp³-hybridized carbons (Fsp3) is 0.600. The Hall–Kier alpha value is -3.50. The molecule has 2 bridgehead atoms. The minimum absolute atomic E-state index is 0.0516. The second-order valence-electron chi connectivity index (χ2n) is 13.2. The lowest BCUT2D eigenvalue weighted by Gasteiger charge is -2.42. The summed E-state index contributed by atoms with van der Waals surface area (Å²) in [6.07, 6.45) is 5.73. The van der Waals surface area contributed by atoms with E-state index in [0.29, 0.717) is 51.6 Å². The molecule has 3 heterocycles. The average molecular weight is 624 g/mol. The molecule has 246 valence electrons. The summed E-state index contributed by atoms with van der Waals surface area (Å²) >= 11 is 0. The van der Waals surface area contributed by atoms with Crippen molar-refractivity contribution in [2.24, 2.45) is 11.8 Å². The van der Waals surface area contributed by atoms with E-state index >= 15 is 0 Å². The maximum Gasteiger partial charge on any atom is 0.313 e. The van der Waals surface area contributed by atoms with Crippen LogP contribution in [0.3, 0.4) is 0 Å². The summed E-state index contributed by atoms with van der Waals surface area (Å²) in [6, 6.07) is 8.30. The van der Waals surface area contributed by atoms with E-state index in [1.807, 2.05) is 51.1 Å². The van der Waals surface area contributed by atoms with Crippen molar-refractivity contribution in [3.05, 3.63) is 61.2 Å². The van der Waals surface area contributed by atoms with Crippen LogP contribution in [-0.2, 0) is 28.7 Å². The van der Waals surface area contributed by atoms with Gasteiger partial charge in [-0.05, 0) is 64.9 Å². The first-order chi connectivity index (χ1) is 21.5. The zero-order valence-electron chi connectivity index (χ0n) is 26.9. The molecular formula is C35H49N3O7. The van der Waals surface area contributed by atoms with Crippen LogP contribution in [0.2, 0.25) is 0 Å². The molecule has 3 amide bonds. The van der Waals surface area contributed by atoms with Gasteiger partial charge in [0.2, 0.25) is 17.7 Å². The number of likely N-dealkylation sites (tertiary alicyclic amines) is 1. The number of nitrogens with zero attached hydrogens (tertiary/aromatic N) is 2. The third-order valence-corrected chi connectivity index (χ3v) is 9.24. The van der Waals surface area contributed by atoms with Gasteiger partial charge in [-0.15, -0.1) is 13.2 Å². The lowest BCUT2D eigenvalue weighted by atomic mass is 9.70. The van der Waals surface area contributed by atoms with E-state index in [1.165, 1.54) is 0 Å². The molecule has 0 radical (unpaired) electrons. The predicted octanol–water partition coefficient (Wildman–Crippen LogP) is 3.70. The molecule has 3 aliphatic rings. The highest BCUT2D eigenvalue weighted by molar-refractivity contribution is 5.98. The van der Waals surface area contributed by atoms with Crippen molar-refractivity contribution >= 4 is 23.7 Å². The zero-order chi connectivity index (χ0) is 32.8. The van der Waals surface area contributed by atoms with E-state index in [9.17, 15) is 24.3 Å². The standard InChI is InChI=1S/C35H49N3O7/c1-6-8-17-27(40)36-23-26(24-15-11-9-12-16-24)44-33(43)28-25-18-19-35(45-25)29(28)31(41)37(21-13-10-14-22-39)30(35)32(42)38(20-7-2)34(3,4)5/h6-7,9,11-12,15-16,25-26,28-30,39H,1-2,8,10,13-14,17-23H2,3-5H3,(H,36,40)/t25-,26+,28+,29+,30-,35+/m0/s1. The minimum atomic E-state index is -1.15. The fourth-order valence-electron chi connectivity index (χ4n) is 7.12. The van der Waals surface area contributed by atoms with Gasteiger partial charge in [0, 0.05) is 31.7 Å².